The van der Waals surface area contributed by atoms with E-state index in [1.807, 2.05) is 0 Å². The van der Waals surface area contributed by atoms with Gasteiger partial charge < -0.3 is 10.1 Å². The van der Waals surface area contributed by atoms with Crippen molar-refractivity contribution < 1.29 is 4.74 Å². The molecule has 26 heavy (non-hydrogen) atoms. The van der Waals surface area contributed by atoms with Gasteiger partial charge in [0.1, 0.15) is 5.44 Å². The van der Waals surface area contributed by atoms with Crippen molar-refractivity contribution in [1.82, 2.24) is 5.32 Å². The highest BCUT2D eigenvalue weighted by Gasteiger charge is 2.47. The summed E-state index contributed by atoms with van der Waals surface area (Å²) in [5.74, 6) is 1.52. The predicted octanol–water partition coefficient (Wildman–Crippen LogP) is 6.01. The molecule has 3 heteroatoms. The van der Waals surface area contributed by atoms with Crippen molar-refractivity contribution in [3.63, 3.8) is 0 Å². The van der Waals surface area contributed by atoms with Gasteiger partial charge in [-0.2, -0.15) is 0 Å². The third-order valence-electron chi connectivity index (χ3n) is 6.28. The second-order valence-corrected chi connectivity index (χ2v) is 10.7. The fourth-order valence-corrected chi connectivity index (χ4v) is 6.28. The van der Waals surface area contributed by atoms with Crippen LogP contribution in [0.5, 0.6) is 0 Å². The number of hydrogen-bond acceptors (Lipinski definition) is 3. The highest BCUT2D eigenvalue weighted by atomic mass is 32.2. The quantitative estimate of drug-likeness (QED) is 0.631. The molecule has 1 aromatic carbocycles. The van der Waals surface area contributed by atoms with Crippen LogP contribution in [0.25, 0.3) is 0 Å². The summed E-state index contributed by atoms with van der Waals surface area (Å²) in [7, 11) is 0. The molecule has 1 aliphatic heterocycles. The molecule has 5 atom stereocenters. The maximum atomic E-state index is 6.74. The topological polar surface area (TPSA) is 21.3 Å². The minimum absolute atomic E-state index is 0.270. The number of thioether (sulfide) groups is 1. The Kier molecular flexibility index (Phi) is 7.10. The van der Waals surface area contributed by atoms with Crippen LogP contribution in [0.1, 0.15) is 71.8 Å². The van der Waals surface area contributed by atoms with Crippen molar-refractivity contribution in [3.8, 4) is 0 Å². The van der Waals surface area contributed by atoms with Crippen molar-refractivity contribution in [2.24, 2.45) is 11.8 Å². The SMILES string of the molecule is CCCC[C@@H](NCc1ccccc1)[C@@H]1O[C@@H]2C[C@H](C)CC[C@H]2C(C)(C)S1. The van der Waals surface area contributed by atoms with E-state index in [1.54, 1.807) is 0 Å². The molecule has 1 heterocycles. The summed E-state index contributed by atoms with van der Waals surface area (Å²) in [5, 5.41) is 3.84. The highest BCUT2D eigenvalue weighted by molar-refractivity contribution is 8.01. The molecule has 1 aliphatic carbocycles. The molecule has 0 radical (unpaired) electrons. The van der Waals surface area contributed by atoms with E-state index in [-0.39, 0.29) is 5.44 Å². The van der Waals surface area contributed by atoms with Crippen LogP contribution in [-0.2, 0) is 11.3 Å². The number of benzene rings is 1. The number of rotatable bonds is 7. The van der Waals surface area contributed by atoms with Gasteiger partial charge in [-0.25, -0.2) is 0 Å². The van der Waals surface area contributed by atoms with Crippen molar-refractivity contribution in [2.45, 2.75) is 95.1 Å². The van der Waals surface area contributed by atoms with Crippen LogP contribution < -0.4 is 5.32 Å². The molecule has 3 rings (SSSR count). The van der Waals surface area contributed by atoms with Crippen molar-refractivity contribution in [2.75, 3.05) is 0 Å². The first-order valence-corrected chi connectivity index (χ1v) is 11.5. The van der Waals surface area contributed by atoms with Gasteiger partial charge in [0.15, 0.2) is 0 Å². The second-order valence-electron chi connectivity index (χ2n) is 8.90. The molecule has 0 aromatic heterocycles. The van der Waals surface area contributed by atoms with Gasteiger partial charge in [0.25, 0.3) is 0 Å². The Morgan fingerprint density at radius 3 is 2.73 bits per heavy atom. The van der Waals surface area contributed by atoms with Gasteiger partial charge in [-0.1, -0.05) is 77.3 Å². The van der Waals surface area contributed by atoms with E-state index in [0.717, 1.165) is 12.5 Å². The average molecular weight is 376 g/mol. The molecule has 2 fully saturated rings. The molecule has 0 bridgehead atoms. The number of nitrogens with one attached hydrogen (secondary N) is 1. The van der Waals surface area contributed by atoms with E-state index in [2.05, 4.69) is 75.1 Å². The third-order valence-corrected chi connectivity index (χ3v) is 7.87. The first-order chi connectivity index (χ1) is 12.5. The second kappa shape index (κ2) is 9.12. The van der Waals surface area contributed by atoms with Gasteiger partial charge in [0.05, 0.1) is 6.10 Å². The molecule has 2 nitrogen and oxygen atoms in total. The Balaban J connectivity index is 1.68. The number of ether oxygens (including phenoxy) is 1. The fourth-order valence-electron chi connectivity index (χ4n) is 4.64. The lowest BCUT2D eigenvalue weighted by Gasteiger charge is -2.51. The zero-order valence-corrected chi connectivity index (χ0v) is 17.9. The lowest BCUT2D eigenvalue weighted by atomic mass is 9.74. The molecule has 0 unspecified atom stereocenters. The molecule has 1 N–H and O–H groups in total. The summed E-state index contributed by atoms with van der Waals surface area (Å²) in [6.07, 6.45) is 8.09. The van der Waals surface area contributed by atoms with Crippen LogP contribution in [0.3, 0.4) is 0 Å². The molecule has 1 saturated carbocycles. The van der Waals surface area contributed by atoms with Gasteiger partial charge in [0.2, 0.25) is 0 Å². The van der Waals surface area contributed by atoms with Gasteiger partial charge in [-0.15, -0.1) is 11.8 Å². The average Bonchev–Trinajstić information content (AvgIpc) is 2.61. The van der Waals surface area contributed by atoms with Crippen LogP contribution in [0.2, 0.25) is 0 Å². The van der Waals surface area contributed by atoms with Crippen LogP contribution in [0.15, 0.2) is 30.3 Å². The summed E-state index contributed by atoms with van der Waals surface area (Å²) in [4.78, 5) is 0. The van der Waals surface area contributed by atoms with Gasteiger partial charge in [-0.05, 0) is 36.7 Å². The third kappa shape index (κ3) is 5.05. The maximum absolute atomic E-state index is 6.74. The van der Waals surface area contributed by atoms with E-state index in [4.69, 9.17) is 4.74 Å². The molecule has 2 aliphatic rings. The normalized spacial score (nSPS) is 32.0. The minimum atomic E-state index is 0.270. The smallest absolute Gasteiger partial charge is 0.119 e. The zero-order valence-electron chi connectivity index (χ0n) is 17.0. The van der Waals surface area contributed by atoms with Gasteiger partial charge in [0, 0.05) is 17.3 Å². The fraction of sp³-hybridized carbons (Fsp3) is 0.739. The molecule has 1 aromatic rings. The summed E-state index contributed by atoms with van der Waals surface area (Å²) in [6.45, 7) is 10.5. The largest absolute Gasteiger partial charge is 0.362 e. The van der Waals surface area contributed by atoms with Crippen LogP contribution in [0.4, 0.5) is 0 Å². The Labute approximate surface area is 164 Å². The van der Waals surface area contributed by atoms with E-state index in [0.29, 0.717) is 22.8 Å². The summed E-state index contributed by atoms with van der Waals surface area (Å²) in [6, 6.07) is 11.2. The number of hydrogen-bond donors (Lipinski definition) is 1. The van der Waals surface area contributed by atoms with E-state index in [1.165, 1.54) is 44.1 Å². The number of unbranched alkanes of at least 4 members (excludes halogenated alkanes) is 1. The predicted molar refractivity (Wildman–Crippen MR) is 113 cm³/mol. The van der Waals surface area contributed by atoms with E-state index in [9.17, 15) is 0 Å². The molecular formula is C23H37NOS. The first kappa shape index (κ1) is 20.2. The number of fused-ring (bicyclic) bond motifs is 1. The van der Waals surface area contributed by atoms with Gasteiger partial charge in [-0.3, -0.25) is 0 Å². The monoisotopic (exact) mass is 375 g/mol. The summed E-state index contributed by atoms with van der Waals surface area (Å²) < 4.78 is 7.06. The Hall–Kier alpha value is -0.510. The molecular weight excluding hydrogens is 338 g/mol. The highest BCUT2D eigenvalue weighted by Crippen LogP contribution is 2.51. The Bertz CT molecular complexity index is 546. The van der Waals surface area contributed by atoms with Crippen molar-refractivity contribution in [1.29, 1.82) is 0 Å². The first-order valence-electron chi connectivity index (χ1n) is 10.6. The maximum Gasteiger partial charge on any atom is 0.119 e. The summed E-state index contributed by atoms with van der Waals surface area (Å²) in [5.41, 5.74) is 1.63. The standard InChI is InChI=1S/C23H37NOS/c1-5-6-12-20(24-16-18-10-8-7-9-11-18)22-25-21-15-17(2)13-14-19(21)23(3,4)26-22/h7-11,17,19-22,24H,5-6,12-16H2,1-4H3/t17-,19-,20-,21-,22-/m1/s1. The van der Waals surface area contributed by atoms with E-state index >= 15 is 0 Å². The summed E-state index contributed by atoms with van der Waals surface area (Å²) >= 11 is 2.08. The van der Waals surface area contributed by atoms with E-state index < -0.39 is 0 Å². The molecule has 0 amide bonds. The van der Waals surface area contributed by atoms with Crippen LogP contribution >= 0.6 is 11.8 Å². The lowest BCUT2D eigenvalue weighted by Crippen LogP contribution is -2.53. The van der Waals surface area contributed by atoms with Gasteiger partial charge >= 0.3 is 0 Å². The molecule has 146 valence electrons. The van der Waals surface area contributed by atoms with Crippen LogP contribution in [0, 0.1) is 11.8 Å². The minimum Gasteiger partial charge on any atom is -0.362 e. The Morgan fingerprint density at radius 1 is 1.23 bits per heavy atom. The zero-order chi connectivity index (χ0) is 18.6. The molecule has 1 saturated heterocycles. The Morgan fingerprint density at radius 2 is 2.00 bits per heavy atom. The molecule has 0 spiro atoms. The van der Waals surface area contributed by atoms with Crippen LogP contribution in [-0.4, -0.2) is 22.3 Å². The van der Waals surface area contributed by atoms with Crippen molar-refractivity contribution >= 4 is 11.8 Å². The van der Waals surface area contributed by atoms with Crippen molar-refractivity contribution in [3.05, 3.63) is 35.9 Å². The lowest BCUT2D eigenvalue weighted by molar-refractivity contribution is -0.0687.